The minimum atomic E-state index is -1.13. The van der Waals surface area contributed by atoms with Crippen molar-refractivity contribution >= 4 is 22.9 Å². The molecule has 0 spiro atoms. The number of aliphatic hydroxyl groups excluding tert-OH is 2. The molecule has 0 amide bonds. The van der Waals surface area contributed by atoms with E-state index in [9.17, 15) is 19.4 Å². The number of fused-ring (bicyclic) bond motifs is 1. The van der Waals surface area contributed by atoms with E-state index in [0.717, 1.165) is 27.7 Å². The van der Waals surface area contributed by atoms with Gasteiger partial charge in [-0.2, -0.15) is 0 Å². The quantitative estimate of drug-likeness (QED) is 0.446. The summed E-state index contributed by atoms with van der Waals surface area (Å²) >= 11 is 0. The van der Waals surface area contributed by atoms with Crippen LogP contribution in [-0.2, 0) is 10.2 Å². The molecule has 4 N–H and O–H groups in total. The molecule has 6 heteroatoms. The first-order valence-corrected chi connectivity index (χ1v) is 9.82. The Hall–Kier alpha value is -2.96. The number of hydrogen-bond donors (Lipinski definition) is 4. The van der Waals surface area contributed by atoms with E-state index in [0.29, 0.717) is 0 Å². The molecule has 2 unspecified atom stereocenters. The Morgan fingerprint density at radius 3 is 2.47 bits per heavy atom. The van der Waals surface area contributed by atoms with Crippen LogP contribution in [0.1, 0.15) is 43.5 Å². The molecule has 0 radical (unpaired) electrons. The number of aromatic nitrogens is 1. The van der Waals surface area contributed by atoms with Gasteiger partial charge in [0.15, 0.2) is 0 Å². The van der Waals surface area contributed by atoms with Gasteiger partial charge in [-0.3, -0.25) is 4.79 Å². The van der Waals surface area contributed by atoms with Gasteiger partial charge in [-0.25, -0.2) is 4.39 Å². The molecule has 2 atom stereocenters. The number of aliphatic carboxylic acids is 1. The zero-order valence-electron chi connectivity index (χ0n) is 17.0. The van der Waals surface area contributed by atoms with Crippen molar-refractivity contribution in [2.24, 2.45) is 0 Å². The van der Waals surface area contributed by atoms with Crippen molar-refractivity contribution in [3.05, 3.63) is 77.2 Å². The summed E-state index contributed by atoms with van der Waals surface area (Å²) in [4.78, 5) is 14.1. The second-order valence-corrected chi connectivity index (χ2v) is 8.01. The Bertz CT molecular complexity index is 1050. The highest BCUT2D eigenvalue weighted by molar-refractivity contribution is 5.89. The highest BCUT2D eigenvalue weighted by atomic mass is 19.1. The molecular formula is C24H26FNO4. The molecule has 158 valence electrons. The first-order chi connectivity index (χ1) is 14.2. The molecule has 0 aliphatic heterocycles. The molecule has 5 nitrogen and oxygen atoms in total. The third-order valence-corrected chi connectivity index (χ3v) is 5.33. The van der Waals surface area contributed by atoms with Crippen LogP contribution in [0, 0.1) is 5.82 Å². The van der Waals surface area contributed by atoms with Crippen molar-refractivity contribution in [3.63, 3.8) is 0 Å². The molecule has 0 fully saturated rings. The molecule has 0 aliphatic rings. The Labute approximate surface area is 174 Å². The summed E-state index contributed by atoms with van der Waals surface area (Å²) < 4.78 is 13.4. The minimum Gasteiger partial charge on any atom is -0.481 e. The maximum Gasteiger partial charge on any atom is 0.305 e. The smallest absolute Gasteiger partial charge is 0.305 e. The van der Waals surface area contributed by atoms with E-state index in [-0.39, 0.29) is 12.2 Å². The summed E-state index contributed by atoms with van der Waals surface area (Å²) in [7, 11) is 0. The van der Waals surface area contributed by atoms with Gasteiger partial charge < -0.3 is 20.3 Å². The molecule has 3 aromatic rings. The van der Waals surface area contributed by atoms with Crippen molar-refractivity contribution in [3.8, 4) is 0 Å². The lowest BCUT2D eigenvalue weighted by Crippen LogP contribution is -2.20. The van der Waals surface area contributed by atoms with Crippen LogP contribution in [0.15, 0.2) is 54.6 Å². The molecule has 3 rings (SSSR count). The summed E-state index contributed by atoms with van der Waals surface area (Å²) in [5.74, 6) is -1.41. The van der Waals surface area contributed by atoms with Crippen molar-refractivity contribution in [1.82, 2.24) is 4.98 Å². The average molecular weight is 411 g/mol. The van der Waals surface area contributed by atoms with Crippen LogP contribution in [0.2, 0.25) is 0 Å². The van der Waals surface area contributed by atoms with E-state index < -0.39 is 30.0 Å². The fourth-order valence-corrected chi connectivity index (χ4v) is 3.82. The van der Waals surface area contributed by atoms with Crippen molar-refractivity contribution in [1.29, 1.82) is 0 Å². The van der Waals surface area contributed by atoms with E-state index in [1.54, 1.807) is 24.3 Å². The molecule has 2 aromatic carbocycles. The topological polar surface area (TPSA) is 93.6 Å². The molecule has 1 heterocycles. The van der Waals surface area contributed by atoms with Gasteiger partial charge in [-0.1, -0.05) is 50.3 Å². The van der Waals surface area contributed by atoms with E-state index in [2.05, 4.69) is 18.8 Å². The van der Waals surface area contributed by atoms with Gasteiger partial charge in [0, 0.05) is 28.4 Å². The number of hydrogen-bond acceptors (Lipinski definition) is 3. The Balaban J connectivity index is 1.97. The number of nitrogens with one attached hydrogen (secondary N) is 1. The van der Waals surface area contributed by atoms with E-state index >= 15 is 0 Å². The number of halogens is 1. The summed E-state index contributed by atoms with van der Waals surface area (Å²) in [5.41, 5.74) is 3.21. The Morgan fingerprint density at radius 2 is 1.80 bits per heavy atom. The molecule has 0 aliphatic carbocycles. The zero-order chi connectivity index (χ0) is 21.9. The van der Waals surface area contributed by atoms with Crippen molar-refractivity contribution in [2.75, 3.05) is 0 Å². The standard InChI is InChI=1S/C24H26FNO4/c1-24(2,15-7-9-16(25)10-8-15)23-19-5-3-4-6-20(19)26-21(23)12-11-17(27)13-18(28)14-22(29)30/h3-12,17-18,26-28H,13-14H2,1-2H3,(H,29,30)/b12-11+. The van der Waals surface area contributed by atoms with Gasteiger partial charge in [-0.05, 0) is 35.4 Å². The molecule has 0 saturated carbocycles. The van der Waals surface area contributed by atoms with E-state index in [4.69, 9.17) is 5.11 Å². The van der Waals surface area contributed by atoms with Gasteiger partial charge >= 0.3 is 5.97 Å². The van der Waals surface area contributed by atoms with E-state index in [1.807, 2.05) is 24.3 Å². The zero-order valence-corrected chi connectivity index (χ0v) is 17.0. The summed E-state index contributed by atoms with van der Waals surface area (Å²) in [6, 6.07) is 14.3. The SMILES string of the molecule is CC(C)(c1ccc(F)cc1)c1c(/C=C/C(O)CC(O)CC(=O)O)[nH]c2ccccc12. The lowest BCUT2D eigenvalue weighted by atomic mass is 9.76. The first-order valence-electron chi connectivity index (χ1n) is 9.82. The van der Waals surface area contributed by atoms with Crippen molar-refractivity contribution < 1.29 is 24.5 Å². The number of aliphatic hydroxyl groups is 2. The van der Waals surface area contributed by atoms with Gasteiger partial charge in [0.25, 0.3) is 0 Å². The summed E-state index contributed by atoms with van der Waals surface area (Å²) in [6.07, 6.45) is 0.686. The highest BCUT2D eigenvalue weighted by Gasteiger charge is 2.29. The fraction of sp³-hybridized carbons (Fsp3) is 0.292. The Morgan fingerprint density at radius 1 is 1.13 bits per heavy atom. The Kier molecular flexibility index (Phi) is 6.39. The van der Waals surface area contributed by atoms with Gasteiger partial charge in [0.05, 0.1) is 18.6 Å². The lowest BCUT2D eigenvalue weighted by molar-refractivity contribution is -0.139. The minimum absolute atomic E-state index is 0.0697. The molecule has 0 saturated heterocycles. The number of rotatable bonds is 8. The van der Waals surface area contributed by atoms with E-state index in [1.165, 1.54) is 12.1 Å². The van der Waals surface area contributed by atoms with Crippen molar-refractivity contribution in [2.45, 2.75) is 44.3 Å². The van der Waals surface area contributed by atoms with Gasteiger partial charge in [-0.15, -0.1) is 0 Å². The number of H-pyrrole nitrogens is 1. The van der Waals surface area contributed by atoms with Crippen LogP contribution in [-0.4, -0.2) is 38.5 Å². The number of para-hydroxylation sites is 1. The lowest BCUT2D eigenvalue weighted by Gasteiger charge is -2.26. The van der Waals surface area contributed by atoms with Crippen LogP contribution in [0.5, 0.6) is 0 Å². The normalized spacial score (nSPS) is 14.3. The summed E-state index contributed by atoms with van der Waals surface area (Å²) in [5, 5.41) is 29.7. The predicted octanol–water partition coefficient (Wildman–Crippen LogP) is 4.23. The van der Waals surface area contributed by atoms with Crippen LogP contribution in [0.3, 0.4) is 0 Å². The fourth-order valence-electron chi connectivity index (χ4n) is 3.82. The first kappa shape index (κ1) is 21.7. The number of carboxylic acids is 1. The van der Waals surface area contributed by atoms with Gasteiger partial charge in [0.1, 0.15) is 5.82 Å². The third-order valence-electron chi connectivity index (χ3n) is 5.33. The molecule has 30 heavy (non-hydrogen) atoms. The largest absolute Gasteiger partial charge is 0.481 e. The molecular weight excluding hydrogens is 385 g/mol. The summed E-state index contributed by atoms with van der Waals surface area (Å²) in [6.45, 7) is 4.11. The number of aromatic amines is 1. The van der Waals surface area contributed by atoms with Crippen LogP contribution < -0.4 is 0 Å². The van der Waals surface area contributed by atoms with Crippen LogP contribution in [0.25, 0.3) is 17.0 Å². The van der Waals surface area contributed by atoms with Crippen LogP contribution >= 0.6 is 0 Å². The van der Waals surface area contributed by atoms with Gasteiger partial charge in [0.2, 0.25) is 0 Å². The highest BCUT2D eigenvalue weighted by Crippen LogP contribution is 2.39. The number of carbonyl (C=O) groups is 1. The number of carboxylic acid groups (broad SMARTS) is 1. The maximum absolute atomic E-state index is 13.4. The average Bonchev–Trinajstić information content (AvgIpc) is 3.05. The monoisotopic (exact) mass is 411 g/mol. The second kappa shape index (κ2) is 8.81. The molecule has 0 bridgehead atoms. The van der Waals surface area contributed by atoms with Crippen LogP contribution in [0.4, 0.5) is 4.39 Å². The second-order valence-electron chi connectivity index (χ2n) is 8.01. The third kappa shape index (κ3) is 4.78. The number of benzene rings is 2. The molecule has 1 aromatic heterocycles. The predicted molar refractivity (Wildman–Crippen MR) is 115 cm³/mol. The maximum atomic E-state index is 13.4.